The van der Waals surface area contributed by atoms with Crippen LogP contribution in [0.25, 0.3) is 0 Å². The molecule has 1 saturated carbocycles. The zero-order valence-corrected chi connectivity index (χ0v) is 20.4. The summed E-state index contributed by atoms with van der Waals surface area (Å²) in [4.78, 5) is 21.3. The van der Waals surface area contributed by atoms with Gasteiger partial charge in [0.2, 0.25) is 0 Å². The number of rotatable bonds is 5. The van der Waals surface area contributed by atoms with Crippen LogP contribution in [0.4, 0.5) is 0 Å². The molecule has 2 aliphatic carbocycles. The molecule has 2 heterocycles. The van der Waals surface area contributed by atoms with Crippen LogP contribution in [0.5, 0.6) is 0 Å². The zero-order chi connectivity index (χ0) is 24.7. The van der Waals surface area contributed by atoms with Gasteiger partial charge < -0.3 is 15.5 Å². The molecule has 2 aromatic heterocycles. The monoisotopic (exact) mass is 471 g/mol. The van der Waals surface area contributed by atoms with Gasteiger partial charge in [0, 0.05) is 36.1 Å². The quantitative estimate of drug-likeness (QED) is 0.522. The minimum absolute atomic E-state index is 0.0996. The lowest BCUT2D eigenvalue weighted by atomic mass is 9.49. The van der Waals surface area contributed by atoms with Crippen LogP contribution in [0.1, 0.15) is 72.3 Å². The molecule has 35 heavy (non-hydrogen) atoms. The second-order valence-corrected chi connectivity index (χ2v) is 10.4. The van der Waals surface area contributed by atoms with Gasteiger partial charge in [0.05, 0.1) is 11.3 Å². The zero-order valence-electron chi connectivity index (χ0n) is 20.4. The highest BCUT2D eigenvalue weighted by molar-refractivity contribution is 5.94. The maximum Gasteiger partial charge on any atom is 0.251 e. The van der Waals surface area contributed by atoms with Gasteiger partial charge in [-0.3, -0.25) is 14.8 Å². The van der Waals surface area contributed by atoms with Gasteiger partial charge in [0.15, 0.2) is 0 Å². The van der Waals surface area contributed by atoms with E-state index in [2.05, 4.69) is 28.3 Å². The summed E-state index contributed by atoms with van der Waals surface area (Å²) in [5.74, 6) is 0.107. The molecular formula is C29H33N3O3. The Hall–Kier alpha value is -3.09. The highest BCUT2D eigenvalue weighted by Gasteiger charge is 2.61. The van der Waals surface area contributed by atoms with E-state index in [0.717, 1.165) is 24.8 Å². The molecule has 3 N–H and O–H groups in total. The number of amides is 1. The van der Waals surface area contributed by atoms with E-state index in [9.17, 15) is 15.0 Å². The third kappa shape index (κ3) is 3.95. The number of pyridine rings is 2. The molecule has 0 radical (unpaired) electrons. The highest BCUT2D eigenvalue weighted by Crippen LogP contribution is 2.59. The van der Waals surface area contributed by atoms with Gasteiger partial charge in [-0.2, -0.15) is 0 Å². The molecule has 4 atom stereocenters. The van der Waals surface area contributed by atoms with E-state index in [0.29, 0.717) is 30.6 Å². The smallest absolute Gasteiger partial charge is 0.251 e. The van der Waals surface area contributed by atoms with Crippen LogP contribution >= 0.6 is 0 Å². The molecule has 1 fully saturated rings. The molecule has 0 aliphatic heterocycles. The average Bonchev–Trinajstić information content (AvgIpc) is 2.88. The summed E-state index contributed by atoms with van der Waals surface area (Å²) in [5, 5.41) is 26.4. The summed E-state index contributed by atoms with van der Waals surface area (Å²) < 4.78 is 0. The first-order chi connectivity index (χ1) is 16.8. The van der Waals surface area contributed by atoms with Crippen molar-refractivity contribution in [3.8, 4) is 0 Å². The molecular weight excluding hydrogens is 438 g/mol. The summed E-state index contributed by atoms with van der Waals surface area (Å²) in [6.45, 7) is 4.36. The average molecular weight is 472 g/mol. The van der Waals surface area contributed by atoms with Crippen LogP contribution in [-0.4, -0.2) is 31.7 Å². The number of benzene rings is 1. The number of hydrogen-bond acceptors (Lipinski definition) is 5. The molecule has 0 bridgehead atoms. The first-order valence-corrected chi connectivity index (χ1v) is 12.5. The Morgan fingerprint density at radius 3 is 2.63 bits per heavy atom. The van der Waals surface area contributed by atoms with E-state index in [1.807, 2.05) is 36.4 Å². The number of nitrogens with zero attached hydrogens (tertiary/aromatic N) is 2. The number of hydrogen-bond donors (Lipinski definition) is 3. The minimum Gasteiger partial charge on any atom is -0.387 e. The fourth-order valence-electron chi connectivity index (χ4n) is 6.50. The van der Waals surface area contributed by atoms with Crippen molar-refractivity contribution in [2.75, 3.05) is 0 Å². The summed E-state index contributed by atoms with van der Waals surface area (Å²) in [7, 11) is 0. The van der Waals surface area contributed by atoms with E-state index < -0.39 is 11.2 Å². The molecule has 182 valence electrons. The lowest BCUT2D eigenvalue weighted by Gasteiger charge is -2.58. The molecule has 0 saturated heterocycles. The SMILES string of the molecule is CC[C@@]12C[C@@](C)(O)[C@](O)(c3ccccn3)C[C@H]1CCc1cc(C(=O)NCc3ccncc3)ccc12. The molecule has 1 amide bonds. The van der Waals surface area contributed by atoms with Crippen molar-refractivity contribution in [3.63, 3.8) is 0 Å². The lowest BCUT2D eigenvalue weighted by Crippen LogP contribution is -2.62. The lowest BCUT2D eigenvalue weighted by molar-refractivity contribution is -0.207. The summed E-state index contributed by atoms with van der Waals surface area (Å²) in [6.07, 6.45) is 8.59. The van der Waals surface area contributed by atoms with Crippen LogP contribution in [0.2, 0.25) is 0 Å². The second kappa shape index (κ2) is 8.85. The number of aromatic nitrogens is 2. The number of carbonyl (C=O) groups excluding carboxylic acids is 1. The maximum atomic E-state index is 12.9. The van der Waals surface area contributed by atoms with Crippen LogP contribution in [-0.2, 0) is 24.0 Å². The van der Waals surface area contributed by atoms with Gasteiger partial charge in [0.25, 0.3) is 5.91 Å². The molecule has 3 aromatic rings. The molecule has 2 aliphatic rings. The van der Waals surface area contributed by atoms with Crippen LogP contribution < -0.4 is 5.32 Å². The fraction of sp³-hybridized carbons (Fsp3) is 0.414. The van der Waals surface area contributed by atoms with Crippen molar-refractivity contribution in [2.45, 2.75) is 69.1 Å². The van der Waals surface area contributed by atoms with Gasteiger partial charge in [-0.1, -0.05) is 19.1 Å². The van der Waals surface area contributed by atoms with Gasteiger partial charge in [-0.25, -0.2) is 0 Å². The van der Waals surface area contributed by atoms with Crippen molar-refractivity contribution in [3.05, 3.63) is 95.1 Å². The van der Waals surface area contributed by atoms with Gasteiger partial charge in [-0.15, -0.1) is 0 Å². The van der Waals surface area contributed by atoms with Crippen LogP contribution in [0.15, 0.2) is 67.1 Å². The molecule has 0 unspecified atom stereocenters. The summed E-state index contributed by atoms with van der Waals surface area (Å²) in [6, 6.07) is 15.2. The Morgan fingerprint density at radius 1 is 1.11 bits per heavy atom. The number of aryl methyl sites for hydroxylation is 1. The predicted molar refractivity (Wildman–Crippen MR) is 134 cm³/mol. The Morgan fingerprint density at radius 2 is 1.91 bits per heavy atom. The first kappa shape index (κ1) is 23.6. The largest absolute Gasteiger partial charge is 0.387 e. The Labute approximate surface area is 206 Å². The second-order valence-electron chi connectivity index (χ2n) is 10.4. The van der Waals surface area contributed by atoms with Crippen LogP contribution in [0.3, 0.4) is 0 Å². The standard InChI is InChI=1S/C29H33N3O3/c1-3-28-19-27(2,34)29(35,25-6-4-5-13-31-25)17-23(28)9-7-21-16-22(8-10-24(21)28)26(33)32-18-20-11-14-30-15-12-20/h4-6,8,10-16,23,34-35H,3,7,9,17-19H2,1-2H3,(H,32,33)/t23-,27-,28-,29-/m1/s1. The third-order valence-corrected chi connectivity index (χ3v) is 8.46. The van der Waals surface area contributed by atoms with E-state index in [4.69, 9.17) is 0 Å². The third-order valence-electron chi connectivity index (χ3n) is 8.46. The fourth-order valence-corrected chi connectivity index (χ4v) is 6.50. The molecule has 0 spiro atoms. The number of fused-ring (bicyclic) bond motifs is 3. The van der Waals surface area contributed by atoms with E-state index >= 15 is 0 Å². The summed E-state index contributed by atoms with van der Waals surface area (Å²) >= 11 is 0. The minimum atomic E-state index is -1.40. The first-order valence-electron chi connectivity index (χ1n) is 12.5. The van der Waals surface area contributed by atoms with Crippen molar-refractivity contribution in [1.29, 1.82) is 0 Å². The van der Waals surface area contributed by atoms with Gasteiger partial charge in [0.1, 0.15) is 5.60 Å². The van der Waals surface area contributed by atoms with Gasteiger partial charge in [-0.05, 0) is 98.0 Å². The van der Waals surface area contributed by atoms with E-state index in [1.165, 1.54) is 11.1 Å². The molecule has 1 aromatic carbocycles. The molecule has 6 nitrogen and oxygen atoms in total. The number of aliphatic hydroxyl groups is 2. The van der Waals surface area contributed by atoms with Crippen molar-refractivity contribution in [2.24, 2.45) is 5.92 Å². The number of carbonyl (C=O) groups is 1. The van der Waals surface area contributed by atoms with Crippen molar-refractivity contribution < 1.29 is 15.0 Å². The Balaban J connectivity index is 1.43. The number of nitrogens with one attached hydrogen (secondary N) is 1. The maximum absolute atomic E-state index is 12.9. The Bertz CT molecular complexity index is 1210. The van der Waals surface area contributed by atoms with E-state index in [1.54, 1.807) is 31.6 Å². The molecule has 5 rings (SSSR count). The highest BCUT2D eigenvalue weighted by atomic mass is 16.4. The van der Waals surface area contributed by atoms with Crippen molar-refractivity contribution in [1.82, 2.24) is 15.3 Å². The topological polar surface area (TPSA) is 95.3 Å². The normalized spacial score (nSPS) is 29.7. The van der Waals surface area contributed by atoms with Crippen LogP contribution in [0, 0.1) is 5.92 Å². The Kier molecular flexibility index (Phi) is 5.98. The van der Waals surface area contributed by atoms with E-state index in [-0.39, 0.29) is 17.2 Å². The van der Waals surface area contributed by atoms with Crippen molar-refractivity contribution >= 4 is 5.91 Å². The van der Waals surface area contributed by atoms with Gasteiger partial charge >= 0.3 is 0 Å². The summed E-state index contributed by atoms with van der Waals surface area (Å²) in [5.41, 5.74) is 1.54. The predicted octanol–water partition coefficient (Wildman–Crippen LogP) is 4.05. The molecule has 6 heteroatoms.